The molecule has 1 aromatic heterocycles. The molecule has 0 fully saturated rings. The molecule has 12 heavy (non-hydrogen) atoms. The lowest BCUT2D eigenvalue weighted by atomic mass is 10.1. The molecule has 1 rings (SSSR count). The highest BCUT2D eigenvalue weighted by molar-refractivity contribution is 5.98. The van der Waals surface area contributed by atoms with Crippen molar-refractivity contribution in [3.63, 3.8) is 0 Å². The van der Waals surface area contributed by atoms with Crippen molar-refractivity contribution in [2.24, 2.45) is 0 Å². The van der Waals surface area contributed by atoms with Crippen LogP contribution in [0.1, 0.15) is 23.0 Å². The van der Waals surface area contributed by atoms with E-state index in [1.165, 1.54) is 13.1 Å². The van der Waals surface area contributed by atoms with Crippen molar-refractivity contribution in [2.45, 2.75) is 20.0 Å². The fraction of sp³-hybridized carbons (Fsp3) is 0.333. The normalized spacial score (nSPS) is 12.6. The first kappa shape index (κ1) is 8.87. The maximum atomic E-state index is 11.2. The first-order valence-corrected chi connectivity index (χ1v) is 3.76. The SMILES string of the molecule is Cc1ccc(C(=O)C(C)O)cn1. The van der Waals surface area contributed by atoms with E-state index < -0.39 is 6.10 Å². The Morgan fingerprint density at radius 3 is 2.67 bits per heavy atom. The minimum atomic E-state index is -0.950. The molecule has 0 aliphatic carbocycles. The Morgan fingerprint density at radius 1 is 1.58 bits per heavy atom. The molecular weight excluding hydrogens is 154 g/mol. The van der Waals surface area contributed by atoms with Crippen LogP contribution in [0.4, 0.5) is 0 Å². The lowest BCUT2D eigenvalue weighted by Gasteiger charge is -2.02. The highest BCUT2D eigenvalue weighted by Gasteiger charge is 2.11. The summed E-state index contributed by atoms with van der Waals surface area (Å²) in [6, 6.07) is 3.41. The van der Waals surface area contributed by atoms with Gasteiger partial charge in [-0.1, -0.05) is 0 Å². The Hall–Kier alpha value is -1.22. The zero-order valence-corrected chi connectivity index (χ0v) is 7.11. The van der Waals surface area contributed by atoms with E-state index >= 15 is 0 Å². The van der Waals surface area contributed by atoms with Crippen molar-refractivity contribution in [1.82, 2.24) is 4.98 Å². The molecule has 1 unspecified atom stereocenters. The minimum Gasteiger partial charge on any atom is -0.385 e. The second-order valence-corrected chi connectivity index (χ2v) is 2.73. The minimum absolute atomic E-state index is 0.289. The van der Waals surface area contributed by atoms with Gasteiger partial charge in [0.2, 0.25) is 0 Å². The van der Waals surface area contributed by atoms with Crippen molar-refractivity contribution >= 4 is 5.78 Å². The molecule has 3 heteroatoms. The van der Waals surface area contributed by atoms with Gasteiger partial charge < -0.3 is 5.11 Å². The number of ketones is 1. The maximum Gasteiger partial charge on any atom is 0.192 e. The van der Waals surface area contributed by atoms with Crippen LogP contribution >= 0.6 is 0 Å². The Kier molecular flexibility index (Phi) is 2.55. The Balaban J connectivity index is 2.90. The predicted molar refractivity (Wildman–Crippen MR) is 45.0 cm³/mol. The van der Waals surface area contributed by atoms with Crippen LogP contribution in [0.5, 0.6) is 0 Å². The Bertz CT molecular complexity index is 277. The van der Waals surface area contributed by atoms with Gasteiger partial charge in [0.15, 0.2) is 5.78 Å². The second-order valence-electron chi connectivity index (χ2n) is 2.73. The van der Waals surface area contributed by atoms with Gasteiger partial charge in [-0.15, -0.1) is 0 Å². The van der Waals surface area contributed by atoms with Crippen molar-refractivity contribution in [1.29, 1.82) is 0 Å². The lowest BCUT2D eigenvalue weighted by molar-refractivity contribution is 0.0779. The monoisotopic (exact) mass is 165 g/mol. The molecule has 0 saturated heterocycles. The zero-order chi connectivity index (χ0) is 9.14. The summed E-state index contributed by atoms with van der Waals surface area (Å²) in [4.78, 5) is 15.1. The van der Waals surface area contributed by atoms with E-state index in [1.54, 1.807) is 12.1 Å². The first-order valence-electron chi connectivity index (χ1n) is 3.76. The molecule has 0 aliphatic rings. The van der Waals surface area contributed by atoms with E-state index in [2.05, 4.69) is 4.98 Å². The van der Waals surface area contributed by atoms with Crippen LogP contribution in [0.3, 0.4) is 0 Å². The molecule has 0 saturated carbocycles. The highest BCUT2D eigenvalue weighted by atomic mass is 16.3. The molecule has 0 spiro atoms. The number of aliphatic hydroxyl groups excluding tert-OH is 1. The van der Waals surface area contributed by atoms with E-state index in [4.69, 9.17) is 5.11 Å². The molecule has 0 radical (unpaired) electrons. The molecule has 0 aliphatic heterocycles. The van der Waals surface area contributed by atoms with Gasteiger partial charge in [0.25, 0.3) is 0 Å². The second kappa shape index (κ2) is 3.45. The molecule has 64 valence electrons. The van der Waals surface area contributed by atoms with Gasteiger partial charge in [-0.3, -0.25) is 9.78 Å². The number of aromatic nitrogens is 1. The molecule has 0 aromatic carbocycles. The van der Waals surface area contributed by atoms with Gasteiger partial charge >= 0.3 is 0 Å². The summed E-state index contributed by atoms with van der Waals surface area (Å²) < 4.78 is 0. The molecular formula is C9H11NO2. The Morgan fingerprint density at radius 2 is 2.25 bits per heavy atom. The third-order valence-electron chi connectivity index (χ3n) is 1.58. The van der Waals surface area contributed by atoms with Crippen molar-refractivity contribution in [2.75, 3.05) is 0 Å². The molecule has 1 atom stereocenters. The summed E-state index contributed by atoms with van der Waals surface area (Å²) >= 11 is 0. The number of carbonyl (C=O) groups excluding carboxylic acids is 1. The molecule has 0 bridgehead atoms. The fourth-order valence-electron chi connectivity index (χ4n) is 0.855. The quantitative estimate of drug-likeness (QED) is 0.664. The summed E-state index contributed by atoms with van der Waals surface area (Å²) in [5.74, 6) is -0.289. The molecule has 1 aromatic rings. The maximum absolute atomic E-state index is 11.2. The average molecular weight is 165 g/mol. The molecule has 0 amide bonds. The molecule has 1 heterocycles. The van der Waals surface area contributed by atoms with E-state index in [-0.39, 0.29) is 5.78 Å². The lowest BCUT2D eigenvalue weighted by Crippen LogP contribution is -2.16. The highest BCUT2D eigenvalue weighted by Crippen LogP contribution is 2.02. The van der Waals surface area contributed by atoms with Crippen LogP contribution < -0.4 is 0 Å². The van der Waals surface area contributed by atoms with Crippen molar-refractivity contribution < 1.29 is 9.90 Å². The van der Waals surface area contributed by atoms with Crippen LogP contribution in [-0.4, -0.2) is 22.0 Å². The first-order chi connectivity index (χ1) is 5.61. The largest absolute Gasteiger partial charge is 0.385 e. The number of Topliss-reactive ketones (excluding diaryl/α,β-unsaturated/α-hetero) is 1. The third kappa shape index (κ3) is 1.89. The number of pyridine rings is 1. The number of rotatable bonds is 2. The van der Waals surface area contributed by atoms with Gasteiger partial charge in [-0.25, -0.2) is 0 Å². The summed E-state index contributed by atoms with van der Waals surface area (Å²) in [5, 5.41) is 8.97. The summed E-state index contributed by atoms with van der Waals surface area (Å²) in [7, 11) is 0. The van der Waals surface area contributed by atoms with E-state index in [1.807, 2.05) is 6.92 Å². The molecule has 1 N–H and O–H groups in total. The number of hydrogen-bond acceptors (Lipinski definition) is 3. The zero-order valence-electron chi connectivity index (χ0n) is 7.11. The van der Waals surface area contributed by atoms with Crippen LogP contribution in [0, 0.1) is 6.92 Å². The van der Waals surface area contributed by atoms with Crippen LogP contribution in [0.25, 0.3) is 0 Å². The molecule has 3 nitrogen and oxygen atoms in total. The number of hydrogen-bond donors (Lipinski definition) is 1. The summed E-state index contributed by atoms with van der Waals surface area (Å²) in [5.41, 5.74) is 1.31. The number of aliphatic hydroxyl groups is 1. The van der Waals surface area contributed by atoms with E-state index in [0.717, 1.165) is 5.69 Å². The smallest absolute Gasteiger partial charge is 0.192 e. The number of carbonyl (C=O) groups is 1. The number of nitrogens with zero attached hydrogens (tertiary/aromatic N) is 1. The van der Waals surface area contributed by atoms with E-state index in [9.17, 15) is 4.79 Å². The van der Waals surface area contributed by atoms with Gasteiger partial charge in [0.05, 0.1) is 0 Å². The van der Waals surface area contributed by atoms with Gasteiger partial charge in [0, 0.05) is 17.5 Å². The van der Waals surface area contributed by atoms with Crippen LogP contribution in [0.15, 0.2) is 18.3 Å². The van der Waals surface area contributed by atoms with Gasteiger partial charge in [-0.05, 0) is 26.0 Å². The summed E-state index contributed by atoms with van der Waals surface area (Å²) in [6.07, 6.45) is 0.527. The average Bonchev–Trinajstić information content (AvgIpc) is 2.04. The van der Waals surface area contributed by atoms with Gasteiger partial charge in [0.1, 0.15) is 6.10 Å². The predicted octanol–water partition coefficient (Wildman–Crippen LogP) is 0.954. The van der Waals surface area contributed by atoms with Crippen molar-refractivity contribution in [3.05, 3.63) is 29.6 Å². The summed E-state index contributed by atoms with van der Waals surface area (Å²) in [6.45, 7) is 3.29. The fourth-order valence-corrected chi connectivity index (χ4v) is 0.855. The van der Waals surface area contributed by atoms with Crippen LogP contribution in [0.2, 0.25) is 0 Å². The topological polar surface area (TPSA) is 50.2 Å². The standard InChI is InChI=1S/C9H11NO2/c1-6-3-4-8(5-10-6)9(12)7(2)11/h3-5,7,11H,1-2H3. The van der Waals surface area contributed by atoms with Crippen molar-refractivity contribution in [3.8, 4) is 0 Å². The third-order valence-corrected chi connectivity index (χ3v) is 1.58. The Labute approximate surface area is 71.1 Å². The number of aryl methyl sites for hydroxylation is 1. The van der Waals surface area contributed by atoms with Crippen LogP contribution in [-0.2, 0) is 0 Å². The van der Waals surface area contributed by atoms with E-state index in [0.29, 0.717) is 5.56 Å². The van der Waals surface area contributed by atoms with Gasteiger partial charge in [-0.2, -0.15) is 0 Å².